The van der Waals surface area contributed by atoms with Crippen LogP contribution in [0.1, 0.15) is 15.9 Å². The maximum absolute atomic E-state index is 11.6. The highest BCUT2D eigenvalue weighted by atomic mass is 16.3. The molecular formula is C14H12N2O3. The van der Waals surface area contributed by atoms with Crippen molar-refractivity contribution in [1.29, 1.82) is 0 Å². The molecule has 5 heteroatoms. The van der Waals surface area contributed by atoms with Crippen molar-refractivity contribution in [1.82, 2.24) is 4.57 Å². The number of aromatic nitrogens is 1. The summed E-state index contributed by atoms with van der Waals surface area (Å²) in [5, 5.41) is 2.37. The first-order valence-electron chi connectivity index (χ1n) is 5.68. The van der Waals surface area contributed by atoms with Crippen LogP contribution in [-0.2, 0) is 7.05 Å². The van der Waals surface area contributed by atoms with Crippen molar-refractivity contribution < 1.29 is 4.79 Å². The zero-order chi connectivity index (χ0) is 14.0. The normalized spacial score (nSPS) is 10.2. The van der Waals surface area contributed by atoms with Crippen LogP contribution in [0, 0.1) is 11.8 Å². The molecule has 0 atom stereocenters. The molecule has 0 aliphatic heterocycles. The summed E-state index contributed by atoms with van der Waals surface area (Å²) in [5.41, 5.74) is 2.59. The maximum atomic E-state index is 11.6. The maximum Gasteiger partial charge on any atom is 0.316 e. The Morgan fingerprint density at radius 3 is 2.32 bits per heavy atom. The van der Waals surface area contributed by atoms with E-state index in [1.807, 2.05) is 0 Å². The van der Waals surface area contributed by atoms with Crippen LogP contribution in [0.15, 0.2) is 46.5 Å². The fourth-order valence-electron chi connectivity index (χ4n) is 1.89. The summed E-state index contributed by atoms with van der Waals surface area (Å²) in [6, 6.07) is 8.31. The van der Waals surface area contributed by atoms with Gasteiger partial charge >= 0.3 is 5.91 Å². The van der Waals surface area contributed by atoms with Gasteiger partial charge in [-0.05, 0) is 36.2 Å². The SMILES string of the molecule is Cc1cc(-c2ccc(C(=O)N=O)cc2)cn(C)c1=O. The van der Waals surface area contributed by atoms with Crippen LogP contribution >= 0.6 is 0 Å². The molecule has 0 radical (unpaired) electrons. The topological polar surface area (TPSA) is 68.5 Å². The lowest BCUT2D eigenvalue weighted by Gasteiger charge is -2.06. The third-order valence-corrected chi connectivity index (χ3v) is 2.91. The Bertz CT molecular complexity index is 673. The van der Waals surface area contributed by atoms with Crippen LogP contribution in [0.5, 0.6) is 0 Å². The van der Waals surface area contributed by atoms with Crippen molar-refractivity contribution in [2.24, 2.45) is 12.2 Å². The summed E-state index contributed by atoms with van der Waals surface area (Å²) < 4.78 is 1.51. The highest BCUT2D eigenvalue weighted by Crippen LogP contribution is 2.19. The number of carbonyl (C=O) groups excluding carboxylic acids is 1. The molecule has 0 N–H and O–H groups in total. The molecule has 1 amide bonds. The quantitative estimate of drug-likeness (QED) is 0.774. The van der Waals surface area contributed by atoms with Crippen LogP contribution in [0.2, 0.25) is 0 Å². The summed E-state index contributed by atoms with van der Waals surface area (Å²) in [7, 11) is 1.69. The van der Waals surface area contributed by atoms with E-state index in [0.717, 1.165) is 11.1 Å². The predicted molar refractivity (Wildman–Crippen MR) is 72.0 cm³/mol. The molecule has 5 nitrogen and oxygen atoms in total. The van der Waals surface area contributed by atoms with Gasteiger partial charge in [0.25, 0.3) is 5.56 Å². The standard InChI is InChI=1S/C14H12N2O3/c1-9-7-12(8-16(2)14(9)18)10-3-5-11(6-4-10)13(17)15-19/h3-8H,1-2H3. The molecule has 0 spiro atoms. The molecule has 0 saturated carbocycles. The van der Waals surface area contributed by atoms with E-state index in [9.17, 15) is 14.5 Å². The molecule has 2 aromatic rings. The number of rotatable bonds is 2. The Morgan fingerprint density at radius 1 is 1.16 bits per heavy atom. The van der Waals surface area contributed by atoms with Gasteiger partial charge in [-0.2, -0.15) is 0 Å². The fraction of sp³-hybridized carbons (Fsp3) is 0.143. The average molecular weight is 256 g/mol. The number of aryl methyl sites for hydroxylation is 2. The van der Waals surface area contributed by atoms with Crippen molar-refractivity contribution in [3.63, 3.8) is 0 Å². The summed E-state index contributed by atoms with van der Waals surface area (Å²) >= 11 is 0. The Hall–Kier alpha value is -2.56. The zero-order valence-electron chi connectivity index (χ0n) is 10.6. The van der Waals surface area contributed by atoms with Crippen LogP contribution in [0.25, 0.3) is 11.1 Å². The molecule has 96 valence electrons. The van der Waals surface area contributed by atoms with E-state index in [4.69, 9.17) is 0 Å². The first-order valence-corrected chi connectivity index (χ1v) is 5.68. The van der Waals surface area contributed by atoms with E-state index in [-0.39, 0.29) is 11.1 Å². The van der Waals surface area contributed by atoms with Gasteiger partial charge in [0.15, 0.2) is 0 Å². The van der Waals surface area contributed by atoms with Crippen molar-refractivity contribution in [3.05, 3.63) is 62.9 Å². The molecule has 1 aromatic heterocycles. The second-order valence-electron chi connectivity index (χ2n) is 4.30. The van der Waals surface area contributed by atoms with E-state index in [1.54, 1.807) is 50.5 Å². The van der Waals surface area contributed by atoms with Gasteiger partial charge in [0.05, 0.1) is 0 Å². The Balaban J connectivity index is 2.46. The summed E-state index contributed by atoms with van der Waals surface area (Å²) in [5.74, 6) is -0.789. The van der Waals surface area contributed by atoms with Crippen molar-refractivity contribution in [3.8, 4) is 11.1 Å². The summed E-state index contributed by atoms with van der Waals surface area (Å²) in [6.45, 7) is 1.75. The van der Waals surface area contributed by atoms with Gasteiger partial charge in [0, 0.05) is 29.5 Å². The van der Waals surface area contributed by atoms with Gasteiger partial charge in [-0.15, -0.1) is 4.91 Å². The predicted octanol–water partition coefficient (Wildman–Crippen LogP) is 2.27. The lowest BCUT2D eigenvalue weighted by atomic mass is 10.0. The third kappa shape index (κ3) is 2.49. The summed E-state index contributed by atoms with van der Waals surface area (Å²) in [4.78, 5) is 32.8. The third-order valence-electron chi connectivity index (χ3n) is 2.91. The molecule has 0 bridgehead atoms. The molecule has 2 rings (SSSR count). The molecule has 1 aromatic carbocycles. The van der Waals surface area contributed by atoms with E-state index < -0.39 is 5.91 Å². The number of hydrogen-bond acceptors (Lipinski definition) is 3. The van der Waals surface area contributed by atoms with E-state index in [0.29, 0.717) is 5.56 Å². The first kappa shape index (κ1) is 12.9. The van der Waals surface area contributed by atoms with Crippen molar-refractivity contribution in [2.45, 2.75) is 6.92 Å². The van der Waals surface area contributed by atoms with E-state index >= 15 is 0 Å². The van der Waals surface area contributed by atoms with Crippen LogP contribution in [0.3, 0.4) is 0 Å². The molecule has 0 aliphatic rings. The van der Waals surface area contributed by atoms with Gasteiger partial charge < -0.3 is 4.57 Å². The number of amides is 1. The molecule has 1 heterocycles. The Morgan fingerprint density at radius 2 is 1.79 bits per heavy atom. The number of hydrogen-bond donors (Lipinski definition) is 0. The van der Waals surface area contributed by atoms with Crippen LogP contribution < -0.4 is 5.56 Å². The zero-order valence-corrected chi connectivity index (χ0v) is 10.6. The molecule has 0 fully saturated rings. The number of pyridine rings is 1. The first-order chi connectivity index (χ1) is 9.02. The number of carbonyl (C=O) groups is 1. The molecule has 19 heavy (non-hydrogen) atoms. The smallest absolute Gasteiger partial charge is 0.316 e. The average Bonchev–Trinajstić information content (AvgIpc) is 2.43. The Labute approximate surface area is 109 Å². The van der Waals surface area contributed by atoms with Gasteiger partial charge in [-0.25, -0.2) is 0 Å². The number of nitroso groups, excluding NO2 is 1. The van der Waals surface area contributed by atoms with Crippen LogP contribution in [0.4, 0.5) is 0 Å². The number of nitrogens with zero attached hydrogens (tertiary/aromatic N) is 2. The Kier molecular flexibility index (Phi) is 3.37. The van der Waals surface area contributed by atoms with Crippen LogP contribution in [-0.4, -0.2) is 10.5 Å². The fourth-order valence-corrected chi connectivity index (χ4v) is 1.89. The lowest BCUT2D eigenvalue weighted by Crippen LogP contribution is -2.18. The van der Waals surface area contributed by atoms with Gasteiger partial charge in [0.1, 0.15) is 0 Å². The molecule has 0 aliphatic carbocycles. The largest absolute Gasteiger partial charge is 0.318 e. The summed E-state index contributed by atoms with van der Waals surface area (Å²) in [6.07, 6.45) is 1.73. The van der Waals surface area contributed by atoms with E-state index in [1.165, 1.54) is 4.57 Å². The second kappa shape index (κ2) is 4.97. The van der Waals surface area contributed by atoms with Crippen molar-refractivity contribution in [2.75, 3.05) is 0 Å². The monoisotopic (exact) mass is 256 g/mol. The number of benzene rings is 1. The highest BCUT2D eigenvalue weighted by Gasteiger charge is 2.07. The van der Waals surface area contributed by atoms with Gasteiger partial charge in [-0.3, -0.25) is 9.59 Å². The molecule has 0 saturated heterocycles. The lowest BCUT2D eigenvalue weighted by molar-refractivity contribution is 0.100. The highest BCUT2D eigenvalue weighted by molar-refractivity contribution is 5.95. The van der Waals surface area contributed by atoms with Gasteiger partial charge in [-0.1, -0.05) is 12.1 Å². The minimum Gasteiger partial charge on any atom is -0.318 e. The minimum absolute atomic E-state index is 0.0410. The van der Waals surface area contributed by atoms with E-state index in [2.05, 4.69) is 5.18 Å². The van der Waals surface area contributed by atoms with Gasteiger partial charge in [0.2, 0.25) is 0 Å². The minimum atomic E-state index is -0.789. The molecular weight excluding hydrogens is 244 g/mol. The second-order valence-corrected chi connectivity index (χ2v) is 4.30. The van der Waals surface area contributed by atoms with Crippen molar-refractivity contribution >= 4 is 5.91 Å². The molecule has 0 unspecified atom stereocenters.